The van der Waals surface area contributed by atoms with Crippen LogP contribution in [0.1, 0.15) is 12.8 Å². The second kappa shape index (κ2) is 5.08. The molecule has 0 aliphatic rings. The van der Waals surface area contributed by atoms with Crippen molar-refractivity contribution in [1.29, 1.82) is 0 Å². The molecule has 0 saturated heterocycles. The van der Waals surface area contributed by atoms with Gasteiger partial charge in [0.25, 0.3) is 0 Å². The molecular weight excluding hydrogens is 214 g/mol. The fraction of sp³-hybridized carbons (Fsp3) is 0.667. The summed E-state index contributed by atoms with van der Waals surface area (Å²) in [6.45, 7) is 3.43. The fourth-order valence-corrected chi connectivity index (χ4v) is 4.39. The Bertz CT molecular complexity index is 256. The lowest BCUT2D eigenvalue weighted by atomic mass is 10.3. The molecule has 0 heterocycles. The Morgan fingerprint density at radius 3 is 2.15 bits per heavy atom. The molecule has 0 rings (SSSR count). The predicted molar refractivity (Wildman–Crippen MR) is 51.0 cm³/mol. The summed E-state index contributed by atoms with van der Waals surface area (Å²) >= 11 is 0. The van der Waals surface area contributed by atoms with E-state index >= 15 is 0 Å². The van der Waals surface area contributed by atoms with Crippen LogP contribution in [-0.4, -0.2) is 26.7 Å². The quantitative estimate of drug-likeness (QED) is 0.362. The molecule has 0 aromatic rings. The lowest BCUT2D eigenvalue weighted by Gasteiger charge is -2.11. The van der Waals surface area contributed by atoms with Crippen LogP contribution >= 0.6 is 15.0 Å². The number of rotatable bonds is 6. The molecule has 1 atom stereocenters. The first-order valence-electron chi connectivity index (χ1n) is 3.73. The Hall–Kier alpha value is 0.0800. The van der Waals surface area contributed by atoms with Gasteiger partial charge in [0.15, 0.2) is 0 Å². The van der Waals surface area contributed by atoms with Crippen LogP contribution < -0.4 is 0 Å². The molecule has 0 saturated carbocycles. The highest BCUT2D eigenvalue weighted by Crippen LogP contribution is 2.54. The van der Waals surface area contributed by atoms with Crippen LogP contribution in [-0.2, 0) is 9.13 Å². The van der Waals surface area contributed by atoms with Crippen molar-refractivity contribution in [2.45, 2.75) is 12.8 Å². The number of allylic oxidation sites excluding steroid dienone is 1. The molecule has 0 fully saturated rings. The molecule has 5 nitrogen and oxygen atoms in total. The van der Waals surface area contributed by atoms with Crippen LogP contribution in [0, 0.1) is 0 Å². The van der Waals surface area contributed by atoms with Crippen molar-refractivity contribution >= 4 is 15.0 Å². The molecule has 78 valence electrons. The molecule has 3 N–H and O–H groups in total. The molecule has 0 radical (unpaired) electrons. The van der Waals surface area contributed by atoms with Gasteiger partial charge in [-0.25, -0.2) is 0 Å². The highest BCUT2D eigenvalue weighted by Gasteiger charge is 2.28. The Labute approximate surface area is 77.1 Å². The lowest BCUT2D eigenvalue weighted by Crippen LogP contribution is -1.95. The third-order valence-electron chi connectivity index (χ3n) is 1.32. The van der Waals surface area contributed by atoms with Gasteiger partial charge in [0.05, 0.1) is 0 Å². The van der Waals surface area contributed by atoms with Gasteiger partial charge in [-0.2, -0.15) is 0 Å². The third kappa shape index (κ3) is 8.41. The Balaban J connectivity index is 4.02. The van der Waals surface area contributed by atoms with Crippen molar-refractivity contribution in [3.05, 3.63) is 12.7 Å². The zero-order chi connectivity index (χ0) is 10.5. The average molecular weight is 228 g/mol. The van der Waals surface area contributed by atoms with Gasteiger partial charge in [0.2, 0.25) is 7.37 Å². The van der Waals surface area contributed by atoms with E-state index in [0.29, 0.717) is 12.8 Å². The largest absolute Gasteiger partial charge is 0.344 e. The molecule has 7 heteroatoms. The van der Waals surface area contributed by atoms with E-state index in [-0.39, 0.29) is 6.16 Å². The summed E-state index contributed by atoms with van der Waals surface area (Å²) in [7, 11) is -8.03. The third-order valence-corrected chi connectivity index (χ3v) is 5.58. The van der Waals surface area contributed by atoms with Gasteiger partial charge in [-0.05, 0) is 12.8 Å². The van der Waals surface area contributed by atoms with E-state index < -0.39 is 20.9 Å². The molecule has 0 aromatic carbocycles. The topological polar surface area (TPSA) is 94.8 Å². The number of hydrogen-bond acceptors (Lipinski definition) is 2. The van der Waals surface area contributed by atoms with Gasteiger partial charge in [-0.15, -0.1) is 6.58 Å². The Morgan fingerprint density at radius 1 is 1.23 bits per heavy atom. The SMILES string of the molecule is C=CCCCP(=O)(O)CP(=O)(O)O. The predicted octanol–water partition coefficient (Wildman–Crippen LogP) is 1.36. The fourth-order valence-electron chi connectivity index (χ4n) is 0.841. The van der Waals surface area contributed by atoms with Crippen LogP contribution in [0.25, 0.3) is 0 Å². The molecule has 0 amide bonds. The normalized spacial score (nSPS) is 16.5. The summed E-state index contributed by atoms with van der Waals surface area (Å²) in [6.07, 6.45) is 2.53. The van der Waals surface area contributed by atoms with E-state index in [1.807, 2.05) is 0 Å². The van der Waals surface area contributed by atoms with Crippen molar-refractivity contribution in [2.24, 2.45) is 0 Å². The standard InChI is InChI=1S/C6H14O5P2/c1-2-3-4-5-12(7,8)6-13(9,10)11/h2H,1,3-6H2,(H,7,8)(H2,9,10,11). The first-order valence-corrected chi connectivity index (χ1v) is 7.56. The van der Waals surface area contributed by atoms with Crippen LogP contribution in [0.2, 0.25) is 0 Å². The van der Waals surface area contributed by atoms with Crippen LogP contribution in [0.5, 0.6) is 0 Å². The van der Waals surface area contributed by atoms with Crippen molar-refractivity contribution in [3.8, 4) is 0 Å². The molecule has 13 heavy (non-hydrogen) atoms. The second-order valence-corrected chi connectivity index (χ2v) is 7.41. The maximum Gasteiger partial charge on any atom is 0.335 e. The van der Waals surface area contributed by atoms with Gasteiger partial charge < -0.3 is 14.7 Å². The Morgan fingerprint density at radius 2 is 1.77 bits per heavy atom. The van der Waals surface area contributed by atoms with Crippen LogP contribution in [0.4, 0.5) is 0 Å². The van der Waals surface area contributed by atoms with Crippen molar-refractivity contribution in [3.63, 3.8) is 0 Å². The van der Waals surface area contributed by atoms with Crippen LogP contribution in [0.15, 0.2) is 12.7 Å². The Kier molecular flexibility index (Phi) is 5.11. The monoisotopic (exact) mass is 228 g/mol. The maximum absolute atomic E-state index is 11.1. The molecule has 1 unspecified atom stereocenters. The first kappa shape index (κ1) is 13.1. The van der Waals surface area contributed by atoms with Crippen molar-refractivity contribution < 1.29 is 23.8 Å². The summed E-state index contributed by atoms with van der Waals surface area (Å²) in [5, 5.41) is 0. The van der Waals surface area contributed by atoms with Gasteiger partial charge in [-0.1, -0.05) is 6.08 Å². The second-order valence-electron chi connectivity index (χ2n) is 2.81. The van der Waals surface area contributed by atoms with Gasteiger partial charge in [0.1, 0.15) is 5.90 Å². The smallest absolute Gasteiger partial charge is 0.335 e. The van der Waals surface area contributed by atoms with Crippen molar-refractivity contribution in [2.75, 3.05) is 12.1 Å². The molecule has 0 bridgehead atoms. The van der Waals surface area contributed by atoms with Gasteiger partial charge in [-0.3, -0.25) is 9.13 Å². The lowest BCUT2D eigenvalue weighted by molar-refractivity contribution is 0.376. The molecule has 0 aromatic heterocycles. The first-order chi connectivity index (χ1) is 5.77. The van der Waals surface area contributed by atoms with E-state index in [2.05, 4.69) is 6.58 Å². The van der Waals surface area contributed by atoms with Crippen molar-refractivity contribution in [1.82, 2.24) is 0 Å². The highest BCUT2D eigenvalue weighted by molar-refractivity contribution is 7.72. The molecule has 0 aliphatic heterocycles. The molecular formula is C6H14O5P2. The van der Waals surface area contributed by atoms with Gasteiger partial charge in [0, 0.05) is 6.16 Å². The summed E-state index contributed by atoms with van der Waals surface area (Å²) in [5.41, 5.74) is 0. The zero-order valence-corrected chi connectivity index (χ0v) is 8.95. The van der Waals surface area contributed by atoms with Gasteiger partial charge >= 0.3 is 7.60 Å². The summed E-state index contributed by atoms with van der Waals surface area (Å²) in [6, 6.07) is 0. The summed E-state index contributed by atoms with van der Waals surface area (Å²) in [4.78, 5) is 26.0. The molecule has 0 spiro atoms. The van der Waals surface area contributed by atoms with E-state index in [0.717, 1.165) is 0 Å². The number of unbranched alkanes of at least 4 members (excludes halogenated alkanes) is 1. The average Bonchev–Trinajstić information content (AvgIpc) is 1.81. The van der Waals surface area contributed by atoms with E-state index in [1.165, 1.54) is 0 Å². The minimum absolute atomic E-state index is 0.0653. The summed E-state index contributed by atoms with van der Waals surface area (Å²) < 4.78 is 21.6. The zero-order valence-electron chi connectivity index (χ0n) is 7.17. The van der Waals surface area contributed by atoms with E-state index in [9.17, 15) is 9.13 Å². The van der Waals surface area contributed by atoms with Crippen LogP contribution in [0.3, 0.4) is 0 Å². The minimum Gasteiger partial charge on any atom is -0.344 e. The minimum atomic E-state index is -4.37. The van der Waals surface area contributed by atoms with E-state index in [4.69, 9.17) is 14.7 Å². The number of hydrogen-bond donors (Lipinski definition) is 3. The molecule has 0 aliphatic carbocycles. The summed E-state index contributed by atoms with van der Waals surface area (Å²) in [5.74, 6) is -0.920. The maximum atomic E-state index is 11.1. The highest BCUT2D eigenvalue weighted by atomic mass is 31.2. The van der Waals surface area contributed by atoms with E-state index in [1.54, 1.807) is 6.08 Å².